The number of halogens is 1. The van der Waals surface area contributed by atoms with Gasteiger partial charge in [-0.25, -0.2) is 9.18 Å². The molecule has 0 atom stereocenters. The molecule has 28 heavy (non-hydrogen) atoms. The zero-order chi connectivity index (χ0) is 19.8. The van der Waals surface area contributed by atoms with Gasteiger partial charge in [0.05, 0.1) is 7.11 Å². The number of hydrogen-bond acceptors (Lipinski definition) is 3. The van der Waals surface area contributed by atoms with Crippen LogP contribution in [0.25, 0.3) is 0 Å². The average Bonchev–Trinajstić information content (AvgIpc) is 2.72. The summed E-state index contributed by atoms with van der Waals surface area (Å²) < 4.78 is 18.1. The number of amides is 2. The Balaban J connectivity index is 1.32. The fraction of sp³-hybridized carbons (Fsp3) is 0.409. The van der Waals surface area contributed by atoms with E-state index in [0.29, 0.717) is 6.54 Å². The van der Waals surface area contributed by atoms with E-state index in [4.69, 9.17) is 4.74 Å². The Kier molecular flexibility index (Phi) is 7.25. The first-order chi connectivity index (χ1) is 13.6. The highest BCUT2D eigenvalue weighted by Crippen LogP contribution is 2.14. The summed E-state index contributed by atoms with van der Waals surface area (Å²) in [6, 6.07) is 14.6. The monoisotopic (exact) mass is 385 g/mol. The number of likely N-dealkylation sites (tertiary alicyclic amines) is 1. The van der Waals surface area contributed by atoms with Crippen LogP contribution in [0.15, 0.2) is 48.5 Å². The third-order valence-corrected chi connectivity index (χ3v) is 5.10. The molecule has 0 saturated carbocycles. The molecule has 150 valence electrons. The van der Waals surface area contributed by atoms with Crippen LogP contribution < -0.4 is 15.4 Å². The zero-order valence-corrected chi connectivity index (χ0v) is 16.3. The topological polar surface area (TPSA) is 53.6 Å². The number of nitrogens with zero attached hydrogens (tertiary/aromatic N) is 1. The second kappa shape index (κ2) is 10.1. The third kappa shape index (κ3) is 6.23. The number of methoxy groups -OCH3 is 1. The summed E-state index contributed by atoms with van der Waals surface area (Å²) >= 11 is 0. The van der Waals surface area contributed by atoms with Gasteiger partial charge in [-0.05, 0) is 54.7 Å². The molecule has 2 amide bonds. The van der Waals surface area contributed by atoms with Crippen LogP contribution in [0.3, 0.4) is 0 Å². The Labute approximate surface area is 165 Å². The highest BCUT2D eigenvalue weighted by Gasteiger charge is 2.20. The van der Waals surface area contributed by atoms with Gasteiger partial charge in [0.2, 0.25) is 0 Å². The molecule has 0 aromatic heterocycles. The van der Waals surface area contributed by atoms with Crippen molar-refractivity contribution in [2.75, 3.05) is 26.7 Å². The van der Waals surface area contributed by atoms with Crippen LogP contribution in [0.2, 0.25) is 0 Å². The van der Waals surface area contributed by atoms with Crippen LogP contribution in [0.1, 0.15) is 24.0 Å². The van der Waals surface area contributed by atoms with Gasteiger partial charge < -0.3 is 15.4 Å². The minimum Gasteiger partial charge on any atom is -0.497 e. The van der Waals surface area contributed by atoms with Crippen molar-refractivity contribution in [2.24, 2.45) is 0 Å². The van der Waals surface area contributed by atoms with Gasteiger partial charge in [0.15, 0.2) is 0 Å². The first kappa shape index (κ1) is 20.1. The van der Waals surface area contributed by atoms with Crippen molar-refractivity contribution in [3.05, 3.63) is 65.5 Å². The molecule has 0 bridgehead atoms. The van der Waals surface area contributed by atoms with Gasteiger partial charge in [-0.15, -0.1) is 0 Å². The van der Waals surface area contributed by atoms with Crippen molar-refractivity contribution in [1.82, 2.24) is 15.5 Å². The quantitative estimate of drug-likeness (QED) is 0.769. The van der Waals surface area contributed by atoms with E-state index < -0.39 is 0 Å². The summed E-state index contributed by atoms with van der Waals surface area (Å²) in [6.45, 7) is 3.27. The molecule has 0 radical (unpaired) electrons. The summed E-state index contributed by atoms with van der Waals surface area (Å²) in [5.41, 5.74) is 2.28. The number of piperidine rings is 1. The first-order valence-electron chi connectivity index (χ1n) is 9.76. The molecule has 1 aliphatic heterocycles. The molecule has 2 aromatic rings. The number of carbonyl (C=O) groups excluding carboxylic acids is 1. The van der Waals surface area contributed by atoms with Gasteiger partial charge in [-0.1, -0.05) is 24.3 Å². The van der Waals surface area contributed by atoms with Crippen LogP contribution in [-0.2, 0) is 13.0 Å². The lowest BCUT2D eigenvalue weighted by molar-refractivity contribution is 0.186. The highest BCUT2D eigenvalue weighted by atomic mass is 19.1. The van der Waals surface area contributed by atoms with Crippen molar-refractivity contribution in [1.29, 1.82) is 0 Å². The minimum atomic E-state index is -0.204. The van der Waals surface area contributed by atoms with Crippen LogP contribution in [0.5, 0.6) is 5.75 Å². The maximum atomic E-state index is 13.0. The Bertz CT molecular complexity index is 741. The second-order valence-electron chi connectivity index (χ2n) is 7.18. The predicted molar refractivity (Wildman–Crippen MR) is 108 cm³/mol. The summed E-state index contributed by atoms with van der Waals surface area (Å²) in [5, 5.41) is 6.00. The molecule has 0 spiro atoms. The van der Waals surface area contributed by atoms with Gasteiger partial charge in [-0.3, -0.25) is 4.90 Å². The van der Waals surface area contributed by atoms with E-state index in [1.165, 1.54) is 12.1 Å². The number of hydrogen-bond donors (Lipinski definition) is 2. The minimum absolute atomic E-state index is 0.106. The van der Waals surface area contributed by atoms with E-state index in [2.05, 4.69) is 15.5 Å². The average molecular weight is 385 g/mol. The molecule has 6 heteroatoms. The van der Waals surface area contributed by atoms with E-state index >= 15 is 0 Å². The molecule has 0 aliphatic carbocycles. The second-order valence-corrected chi connectivity index (χ2v) is 7.18. The van der Waals surface area contributed by atoms with E-state index in [1.807, 2.05) is 36.4 Å². The number of carbonyl (C=O) groups is 1. The number of nitrogens with one attached hydrogen (secondary N) is 2. The number of urea groups is 1. The lowest BCUT2D eigenvalue weighted by Crippen LogP contribution is -2.48. The van der Waals surface area contributed by atoms with Gasteiger partial charge in [0, 0.05) is 32.2 Å². The normalized spacial score (nSPS) is 15.2. The Hall–Kier alpha value is -2.60. The smallest absolute Gasteiger partial charge is 0.315 e. The third-order valence-electron chi connectivity index (χ3n) is 5.10. The summed E-state index contributed by atoms with van der Waals surface area (Å²) in [5.74, 6) is 0.630. The summed E-state index contributed by atoms with van der Waals surface area (Å²) in [4.78, 5) is 14.5. The SMILES string of the molecule is COc1ccc(CCNC(=O)NC2CCN(Cc3ccc(F)cc3)CC2)cc1. The fourth-order valence-corrected chi connectivity index (χ4v) is 3.43. The Morgan fingerprint density at radius 3 is 2.36 bits per heavy atom. The maximum absolute atomic E-state index is 13.0. The number of ether oxygens (including phenoxy) is 1. The molecular weight excluding hydrogens is 357 g/mol. The van der Waals surface area contributed by atoms with E-state index in [9.17, 15) is 9.18 Å². The van der Waals surface area contributed by atoms with E-state index in [-0.39, 0.29) is 17.9 Å². The van der Waals surface area contributed by atoms with Crippen molar-refractivity contribution >= 4 is 6.03 Å². The highest BCUT2D eigenvalue weighted by molar-refractivity contribution is 5.74. The van der Waals surface area contributed by atoms with E-state index in [0.717, 1.165) is 55.8 Å². The van der Waals surface area contributed by atoms with Gasteiger partial charge in [-0.2, -0.15) is 0 Å². The fourth-order valence-electron chi connectivity index (χ4n) is 3.43. The summed E-state index contributed by atoms with van der Waals surface area (Å²) in [7, 11) is 1.65. The molecule has 3 rings (SSSR count). The zero-order valence-electron chi connectivity index (χ0n) is 16.3. The van der Waals surface area contributed by atoms with Crippen molar-refractivity contribution < 1.29 is 13.9 Å². The van der Waals surface area contributed by atoms with E-state index in [1.54, 1.807) is 7.11 Å². The van der Waals surface area contributed by atoms with Crippen LogP contribution in [0, 0.1) is 5.82 Å². The molecule has 2 aromatic carbocycles. The summed E-state index contributed by atoms with van der Waals surface area (Å²) in [6.07, 6.45) is 2.63. The van der Waals surface area contributed by atoms with Crippen molar-refractivity contribution in [3.8, 4) is 5.75 Å². The standard InChI is InChI=1S/C22H28FN3O2/c1-28-21-8-4-17(5-9-21)10-13-24-22(27)25-20-11-14-26(15-12-20)16-18-2-6-19(23)7-3-18/h2-9,20H,10-16H2,1H3,(H2,24,25,27). The molecule has 1 saturated heterocycles. The van der Waals surface area contributed by atoms with Gasteiger partial charge in [0.1, 0.15) is 11.6 Å². The first-order valence-corrected chi connectivity index (χ1v) is 9.76. The van der Waals surface area contributed by atoms with Gasteiger partial charge in [0.25, 0.3) is 0 Å². The molecule has 1 fully saturated rings. The van der Waals surface area contributed by atoms with Crippen LogP contribution in [0.4, 0.5) is 9.18 Å². The largest absolute Gasteiger partial charge is 0.497 e. The molecular formula is C22H28FN3O2. The number of benzene rings is 2. The van der Waals surface area contributed by atoms with Crippen molar-refractivity contribution in [2.45, 2.75) is 31.8 Å². The Morgan fingerprint density at radius 1 is 1.07 bits per heavy atom. The lowest BCUT2D eigenvalue weighted by Gasteiger charge is -2.32. The van der Waals surface area contributed by atoms with Crippen molar-refractivity contribution in [3.63, 3.8) is 0 Å². The number of rotatable bonds is 7. The van der Waals surface area contributed by atoms with Crippen LogP contribution >= 0.6 is 0 Å². The van der Waals surface area contributed by atoms with Crippen LogP contribution in [-0.4, -0.2) is 43.7 Å². The Morgan fingerprint density at radius 2 is 1.71 bits per heavy atom. The molecule has 1 aliphatic rings. The molecule has 0 unspecified atom stereocenters. The molecule has 1 heterocycles. The molecule has 5 nitrogen and oxygen atoms in total. The maximum Gasteiger partial charge on any atom is 0.315 e. The predicted octanol–water partition coefficient (Wildman–Crippen LogP) is 3.34. The molecule has 2 N–H and O–H groups in total. The lowest BCUT2D eigenvalue weighted by atomic mass is 10.0. The van der Waals surface area contributed by atoms with Gasteiger partial charge >= 0.3 is 6.03 Å².